The number of carbonyl (C=O) groups is 6. The maximum Gasteiger partial charge on any atom is 0.309 e. The molecule has 8 aliphatic carbocycles. The molecule has 8 aliphatic rings. The van der Waals surface area contributed by atoms with E-state index in [4.69, 9.17) is 18.9 Å². The van der Waals surface area contributed by atoms with Crippen molar-refractivity contribution in [1.82, 2.24) is 21.3 Å². The summed E-state index contributed by atoms with van der Waals surface area (Å²) in [6.07, 6.45) is 12.9. The average Bonchev–Trinajstić information content (AvgIpc) is 4.29. The van der Waals surface area contributed by atoms with Crippen LogP contribution in [0.25, 0.3) is 0 Å². The molecule has 426 valence electrons. The number of fused-ring (bicyclic) bond motifs is 4. The Balaban J connectivity index is 0.940. The number of hydrogen-bond acceptors (Lipinski definition) is 10. The van der Waals surface area contributed by atoms with Gasteiger partial charge in [-0.1, -0.05) is 26.7 Å². The van der Waals surface area contributed by atoms with Gasteiger partial charge in [0, 0.05) is 43.4 Å². The number of ether oxygens (including phenoxy) is 4. The first-order chi connectivity index (χ1) is 37.1. The van der Waals surface area contributed by atoms with Crippen molar-refractivity contribution >= 4 is 35.6 Å². The highest BCUT2D eigenvalue weighted by molar-refractivity contribution is 5.99. The quantitative estimate of drug-likeness (QED) is 0.0730. The molecule has 1 unspecified atom stereocenters. The van der Waals surface area contributed by atoms with Gasteiger partial charge in [0.05, 0.1) is 54.2 Å². The van der Waals surface area contributed by atoms with E-state index >= 15 is 4.39 Å². The molecule has 4 amide bonds. The van der Waals surface area contributed by atoms with Crippen molar-refractivity contribution in [3.8, 4) is 17.2 Å². The van der Waals surface area contributed by atoms with Gasteiger partial charge in [-0.25, -0.2) is 4.39 Å². The van der Waals surface area contributed by atoms with Crippen LogP contribution in [0.5, 0.6) is 17.2 Å². The first-order valence-electron chi connectivity index (χ1n) is 29.1. The second-order valence-electron chi connectivity index (χ2n) is 26.5. The molecular weight excluding hydrogens is 1000 g/mol. The summed E-state index contributed by atoms with van der Waals surface area (Å²) in [5.74, 6) is -4.14. The van der Waals surface area contributed by atoms with E-state index in [2.05, 4.69) is 35.1 Å². The van der Waals surface area contributed by atoms with Crippen LogP contribution in [0.3, 0.4) is 0 Å². The van der Waals surface area contributed by atoms with Crippen molar-refractivity contribution in [1.29, 1.82) is 0 Å². The van der Waals surface area contributed by atoms with E-state index in [-0.39, 0.29) is 99.7 Å². The van der Waals surface area contributed by atoms with Gasteiger partial charge in [-0.05, 0) is 193 Å². The number of benzene rings is 2. The van der Waals surface area contributed by atoms with Crippen molar-refractivity contribution in [2.24, 2.45) is 57.2 Å². The summed E-state index contributed by atoms with van der Waals surface area (Å²) in [7, 11) is 2.99. The number of carboxylic acid groups (broad SMARTS) is 2. The molecule has 0 spiro atoms. The predicted molar refractivity (Wildman–Crippen MR) is 287 cm³/mol. The Morgan fingerprint density at radius 2 is 1.10 bits per heavy atom. The van der Waals surface area contributed by atoms with Gasteiger partial charge in [0.1, 0.15) is 11.5 Å². The molecule has 0 aliphatic heterocycles. The molecule has 0 saturated heterocycles. The SMILES string of the molecule is COCc1cc(F)c(OC2CCC(C)(C(=O)O)CC2)cc1C(=O)N[C@@H]1[C@H]2CC(c3cc(OC)c(C(=O)N[C@@H]4[C@H]5CC[C@H](C5)[C@@H]4C(=O)NCC4(C)CCC4)cc3OC3CCC(C)(C(=O)O)CC3)[C@H](C2)[C@@H]1C(=O)NCC1(C)CCC1. The molecule has 2 aromatic carbocycles. The largest absolute Gasteiger partial charge is 0.496 e. The lowest BCUT2D eigenvalue weighted by molar-refractivity contribution is -0.151. The van der Waals surface area contributed by atoms with Gasteiger partial charge in [-0.2, -0.15) is 0 Å². The van der Waals surface area contributed by atoms with E-state index in [9.17, 15) is 39.0 Å². The van der Waals surface area contributed by atoms with E-state index in [1.165, 1.54) is 32.8 Å². The molecule has 4 bridgehead atoms. The van der Waals surface area contributed by atoms with Gasteiger partial charge in [-0.15, -0.1) is 0 Å². The number of nitrogens with one attached hydrogen (secondary N) is 4. The van der Waals surface area contributed by atoms with E-state index < -0.39 is 52.6 Å². The van der Waals surface area contributed by atoms with Gasteiger partial charge in [0.2, 0.25) is 11.8 Å². The molecule has 0 aromatic heterocycles. The average molecular weight is 1080 g/mol. The van der Waals surface area contributed by atoms with Crippen LogP contribution in [-0.2, 0) is 30.5 Å². The summed E-state index contributed by atoms with van der Waals surface area (Å²) in [5, 5.41) is 33.0. The fourth-order valence-corrected chi connectivity index (χ4v) is 15.3. The van der Waals surface area contributed by atoms with Gasteiger partial charge >= 0.3 is 11.9 Å². The first kappa shape index (κ1) is 55.8. The van der Waals surface area contributed by atoms with E-state index in [1.54, 1.807) is 19.9 Å². The molecule has 0 heterocycles. The summed E-state index contributed by atoms with van der Waals surface area (Å²) >= 11 is 0. The summed E-state index contributed by atoms with van der Waals surface area (Å²) in [5.41, 5.74) is -0.204. The smallest absolute Gasteiger partial charge is 0.309 e. The summed E-state index contributed by atoms with van der Waals surface area (Å²) in [6.45, 7) is 8.91. The number of methoxy groups -OCH3 is 2. The van der Waals surface area contributed by atoms with Crippen LogP contribution in [-0.4, -0.2) is 97.4 Å². The van der Waals surface area contributed by atoms with Crippen molar-refractivity contribution in [3.63, 3.8) is 0 Å². The van der Waals surface area contributed by atoms with Crippen LogP contribution >= 0.6 is 0 Å². The molecule has 6 N–H and O–H groups in total. The zero-order valence-electron chi connectivity index (χ0n) is 46.6. The lowest BCUT2D eigenvalue weighted by Gasteiger charge is -2.40. The minimum absolute atomic E-state index is 0.00141. The third-order valence-corrected chi connectivity index (χ3v) is 21.0. The highest BCUT2D eigenvalue weighted by Crippen LogP contribution is 2.59. The third-order valence-electron chi connectivity index (χ3n) is 21.0. The molecule has 8 saturated carbocycles. The van der Waals surface area contributed by atoms with Gasteiger partial charge in [0.15, 0.2) is 11.6 Å². The summed E-state index contributed by atoms with van der Waals surface area (Å²) in [4.78, 5) is 82.7. The van der Waals surface area contributed by atoms with Gasteiger partial charge in [-0.3, -0.25) is 28.8 Å². The lowest BCUT2D eigenvalue weighted by Crippen LogP contribution is -2.52. The fraction of sp³-hybridized carbons (Fsp3) is 0.705. The molecule has 8 fully saturated rings. The standard InChI is InChI=1S/C61H83FN4O12/c1-58(15-7-16-58)31-63-54(69)48-33-9-10-34(23-33)50(48)65-53(68)43-29-46(77-37-11-19-60(3,20-12-37)56(71)72)41(28-45(43)76-6)40-24-35-25-42(40)49(55(70)64-32-59(2)17-8-18-59)51(35)66-52(67)39-27-47(44(62)26-36(39)30-75-5)78-38-13-21-61(4,22-14-38)57(73)74/h26-29,33-35,37-38,40,42,48-51H,7-25,30-32H2,1-6H3,(H,63,69)(H,64,70)(H,65,68)(H,66,67)(H,71,72)(H,73,74)/t33-,34+,35+,37?,38?,40?,42+,48+,49+,50-,51-,60?,61?/m1/s1. The Morgan fingerprint density at radius 1 is 0.590 bits per heavy atom. The van der Waals surface area contributed by atoms with Crippen LogP contribution in [0.15, 0.2) is 24.3 Å². The number of aliphatic carboxylic acids is 2. The monoisotopic (exact) mass is 1080 g/mol. The third kappa shape index (κ3) is 10.9. The molecule has 0 radical (unpaired) electrons. The van der Waals surface area contributed by atoms with Crippen molar-refractivity contribution in [3.05, 3.63) is 52.3 Å². The van der Waals surface area contributed by atoms with Crippen LogP contribution < -0.4 is 35.5 Å². The zero-order valence-corrected chi connectivity index (χ0v) is 46.6. The Hall–Kier alpha value is -5.45. The minimum Gasteiger partial charge on any atom is -0.496 e. The van der Waals surface area contributed by atoms with Gasteiger partial charge in [0.25, 0.3) is 11.8 Å². The van der Waals surface area contributed by atoms with Crippen molar-refractivity contribution in [2.45, 2.75) is 187 Å². The maximum absolute atomic E-state index is 15.8. The molecule has 17 heteroatoms. The van der Waals surface area contributed by atoms with E-state index in [1.807, 2.05) is 6.07 Å². The number of hydrogen-bond donors (Lipinski definition) is 6. The number of halogens is 1. The van der Waals surface area contributed by atoms with Crippen LogP contribution in [0.4, 0.5) is 4.39 Å². The normalized spacial score (nSPS) is 33.9. The highest BCUT2D eigenvalue weighted by atomic mass is 19.1. The Labute approximate surface area is 458 Å². The maximum atomic E-state index is 15.8. The highest BCUT2D eigenvalue weighted by Gasteiger charge is 2.58. The number of carboxylic acids is 2. The summed E-state index contributed by atoms with van der Waals surface area (Å²) in [6, 6.07) is 5.31. The Morgan fingerprint density at radius 3 is 1.63 bits per heavy atom. The number of amides is 4. The number of rotatable bonds is 20. The van der Waals surface area contributed by atoms with E-state index in [0.717, 1.165) is 56.9 Å². The topological polar surface area (TPSA) is 228 Å². The van der Waals surface area contributed by atoms with Crippen LogP contribution in [0, 0.1) is 63.0 Å². The Bertz CT molecular complexity index is 2650. The van der Waals surface area contributed by atoms with Crippen molar-refractivity contribution in [2.75, 3.05) is 27.3 Å². The zero-order chi connectivity index (χ0) is 55.5. The first-order valence-corrected chi connectivity index (χ1v) is 29.1. The summed E-state index contributed by atoms with van der Waals surface area (Å²) < 4.78 is 40.5. The van der Waals surface area contributed by atoms with Crippen LogP contribution in [0.2, 0.25) is 0 Å². The molecule has 78 heavy (non-hydrogen) atoms. The molecule has 9 atom stereocenters. The molecule has 2 aromatic rings. The van der Waals surface area contributed by atoms with Crippen LogP contribution in [0.1, 0.15) is 187 Å². The molecule has 16 nitrogen and oxygen atoms in total. The van der Waals surface area contributed by atoms with Crippen molar-refractivity contribution < 1.29 is 62.3 Å². The Kier molecular flexibility index (Phi) is 15.7. The lowest BCUT2D eigenvalue weighted by atomic mass is 9.70. The molecule has 10 rings (SSSR count). The van der Waals surface area contributed by atoms with E-state index in [0.29, 0.717) is 94.4 Å². The minimum atomic E-state index is -0.890. The number of carbonyl (C=O) groups excluding carboxylic acids is 4. The second-order valence-corrected chi connectivity index (χ2v) is 26.5. The molecular formula is C61H83FN4O12. The fourth-order valence-electron chi connectivity index (χ4n) is 15.3. The predicted octanol–water partition coefficient (Wildman–Crippen LogP) is 9.10. The second kappa shape index (κ2) is 21.9. The van der Waals surface area contributed by atoms with Gasteiger partial charge < -0.3 is 50.4 Å².